The minimum Gasteiger partial charge on any atom is -0.495 e. The molecule has 2 heterocycles. The molecule has 1 aromatic heterocycles. The standard InChI is InChI=1S/C16H18ClN3O3/c1-3-4-14-18-16(23-19-14)10-7-15(21)20(9-10)11-5-6-13(22-2)12(17)8-11/h5-6,8,10H,3-4,7,9H2,1-2H3. The van der Waals surface area contributed by atoms with Gasteiger partial charge >= 0.3 is 0 Å². The summed E-state index contributed by atoms with van der Waals surface area (Å²) in [4.78, 5) is 18.4. The molecule has 23 heavy (non-hydrogen) atoms. The Morgan fingerprint density at radius 3 is 3.00 bits per heavy atom. The second-order valence-corrected chi connectivity index (χ2v) is 5.93. The summed E-state index contributed by atoms with van der Waals surface area (Å²) in [5.74, 6) is 1.75. The predicted octanol–water partition coefficient (Wildman–Crippen LogP) is 3.20. The first kappa shape index (κ1) is 15.8. The third kappa shape index (κ3) is 3.17. The summed E-state index contributed by atoms with van der Waals surface area (Å²) in [6.45, 7) is 2.57. The summed E-state index contributed by atoms with van der Waals surface area (Å²) >= 11 is 6.14. The number of nitrogens with zero attached hydrogens (tertiary/aromatic N) is 3. The number of carbonyl (C=O) groups is 1. The topological polar surface area (TPSA) is 68.5 Å². The summed E-state index contributed by atoms with van der Waals surface area (Å²) in [6.07, 6.45) is 2.10. The number of benzene rings is 1. The number of aromatic nitrogens is 2. The lowest BCUT2D eigenvalue weighted by molar-refractivity contribution is -0.117. The summed E-state index contributed by atoms with van der Waals surface area (Å²) in [6, 6.07) is 5.31. The van der Waals surface area contributed by atoms with Gasteiger partial charge in [0, 0.05) is 25.1 Å². The predicted molar refractivity (Wildman–Crippen MR) is 86.0 cm³/mol. The SMILES string of the molecule is CCCc1noc(C2CC(=O)N(c3ccc(OC)c(Cl)c3)C2)n1. The second kappa shape index (κ2) is 6.58. The Labute approximate surface area is 139 Å². The van der Waals surface area contributed by atoms with E-state index in [2.05, 4.69) is 17.1 Å². The molecule has 2 aromatic rings. The number of hydrogen-bond acceptors (Lipinski definition) is 5. The lowest BCUT2D eigenvalue weighted by Crippen LogP contribution is -2.24. The minimum atomic E-state index is -0.0820. The fraction of sp³-hybridized carbons (Fsp3) is 0.438. The molecule has 6 nitrogen and oxygen atoms in total. The van der Waals surface area contributed by atoms with Crippen molar-refractivity contribution in [2.75, 3.05) is 18.6 Å². The number of amides is 1. The van der Waals surface area contributed by atoms with Crippen molar-refractivity contribution >= 4 is 23.2 Å². The van der Waals surface area contributed by atoms with Gasteiger partial charge in [0.15, 0.2) is 5.82 Å². The number of aryl methyl sites for hydroxylation is 1. The van der Waals surface area contributed by atoms with Crippen molar-refractivity contribution < 1.29 is 14.1 Å². The van der Waals surface area contributed by atoms with Crippen LogP contribution < -0.4 is 9.64 Å². The normalized spacial score (nSPS) is 17.8. The van der Waals surface area contributed by atoms with E-state index in [1.807, 2.05) is 6.07 Å². The Hall–Kier alpha value is -2.08. The summed E-state index contributed by atoms with van der Waals surface area (Å²) in [5, 5.41) is 4.43. The van der Waals surface area contributed by atoms with Gasteiger partial charge in [-0.05, 0) is 24.6 Å². The number of anilines is 1. The van der Waals surface area contributed by atoms with Gasteiger partial charge in [-0.25, -0.2) is 0 Å². The fourth-order valence-corrected chi connectivity index (χ4v) is 2.96. The molecule has 0 radical (unpaired) electrons. The Morgan fingerprint density at radius 1 is 1.48 bits per heavy atom. The molecule has 1 saturated heterocycles. The van der Waals surface area contributed by atoms with E-state index in [1.165, 1.54) is 0 Å². The van der Waals surface area contributed by atoms with E-state index in [1.54, 1.807) is 24.1 Å². The Balaban J connectivity index is 1.77. The van der Waals surface area contributed by atoms with E-state index in [0.29, 0.717) is 35.5 Å². The monoisotopic (exact) mass is 335 g/mol. The van der Waals surface area contributed by atoms with E-state index in [0.717, 1.165) is 18.5 Å². The van der Waals surface area contributed by atoms with Crippen LogP contribution in [0.4, 0.5) is 5.69 Å². The highest BCUT2D eigenvalue weighted by molar-refractivity contribution is 6.32. The van der Waals surface area contributed by atoms with Crippen LogP contribution in [0, 0.1) is 0 Å². The van der Waals surface area contributed by atoms with Gasteiger partial charge in [-0.3, -0.25) is 4.79 Å². The van der Waals surface area contributed by atoms with Gasteiger partial charge in [-0.1, -0.05) is 23.7 Å². The number of hydrogen-bond donors (Lipinski definition) is 0. The summed E-state index contributed by atoms with van der Waals surface area (Å²) < 4.78 is 10.4. The van der Waals surface area contributed by atoms with E-state index in [4.69, 9.17) is 20.9 Å². The third-order valence-corrected chi connectivity index (χ3v) is 4.17. The first-order valence-electron chi connectivity index (χ1n) is 7.58. The van der Waals surface area contributed by atoms with Crippen molar-refractivity contribution in [3.05, 3.63) is 34.9 Å². The van der Waals surface area contributed by atoms with E-state index < -0.39 is 0 Å². The van der Waals surface area contributed by atoms with Gasteiger partial charge in [0.1, 0.15) is 5.75 Å². The largest absolute Gasteiger partial charge is 0.495 e. The Bertz CT molecular complexity index is 716. The molecule has 7 heteroatoms. The summed E-state index contributed by atoms with van der Waals surface area (Å²) in [7, 11) is 1.56. The highest BCUT2D eigenvalue weighted by Gasteiger charge is 2.35. The van der Waals surface area contributed by atoms with Gasteiger partial charge in [0.25, 0.3) is 0 Å². The zero-order valence-corrected chi connectivity index (χ0v) is 13.8. The number of ether oxygens (including phenoxy) is 1. The van der Waals surface area contributed by atoms with E-state index in [-0.39, 0.29) is 11.8 Å². The smallest absolute Gasteiger partial charge is 0.232 e. The highest BCUT2D eigenvalue weighted by Crippen LogP contribution is 2.34. The molecule has 122 valence electrons. The molecule has 0 spiro atoms. The molecule has 1 amide bonds. The number of halogens is 1. The number of rotatable bonds is 5. The molecule has 0 saturated carbocycles. The average Bonchev–Trinajstić information content (AvgIpc) is 3.14. The van der Waals surface area contributed by atoms with Crippen LogP contribution in [0.1, 0.15) is 37.4 Å². The van der Waals surface area contributed by atoms with Crippen molar-refractivity contribution in [1.29, 1.82) is 0 Å². The van der Waals surface area contributed by atoms with Crippen molar-refractivity contribution in [2.24, 2.45) is 0 Å². The average molecular weight is 336 g/mol. The van der Waals surface area contributed by atoms with Crippen molar-refractivity contribution in [3.63, 3.8) is 0 Å². The number of carbonyl (C=O) groups excluding carboxylic acids is 1. The van der Waals surface area contributed by atoms with Crippen LogP contribution in [0.5, 0.6) is 5.75 Å². The first-order chi connectivity index (χ1) is 11.1. The Kier molecular flexibility index (Phi) is 4.52. The zero-order valence-electron chi connectivity index (χ0n) is 13.1. The van der Waals surface area contributed by atoms with E-state index in [9.17, 15) is 4.79 Å². The van der Waals surface area contributed by atoms with Crippen LogP contribution in [0.25, 0.3) is 0 Å². The molecule has 1 fully saturated rings. The molecule has 1 aliphatic rings. The Morgan fingerprint density at radius 2 is 2.30 bits per heavy atom. The zero-order chi connectivity index (χ0) is 16.4. The molecular formula is C16H18ClN3O3. The van der Waals surface area contributed by atoms with Crippen LogP contribution >= 0.6 is 11.6 Å². The molecule has 3 rings (SSSR count). The van der Waals surface area contributed by atoms with Gasteiger partial charge in [0.2, 0.25) is 11.8 Å². The van der Waals surface area contributed by atoms with Crippen LogP contribution in [0.2, 0.25) is 5.02 Å². The fourth-order valence-electron chi connectivity index (χ4n) is 2.70. The van der Waals surface area contributed by atoms with Gasteiger partial charge in [0.05, 0.1) is 18.1 Å². The van der Waals surface area contributed by atoms with Gasteiger partial charge < -0.3 is 14.2 Å². The van der Waals surface area contributed by atoms with Crippen LogP contribution in [0.15, 0.2) is 22.7 Å². The number of methoxy groups -OCH3 is 1. The lowest BCUT2D eigenvalue weighted by atomic mass is 10.1. The third-order valence-electron chi connectivity index (χ3n) is 3.88. The molecule has 0 aliphatic carbocycles. The van der Waals surface area contributed by atoms with E-state index >= 15 is 0 Å². The van der Waals surface area contributed by atoms with Crippen molar-refractivity contribution in [1.82, 2.24) is 10.1 Å². The molecule has 0 N–H and O–H groups in total. The van der Waals surface area contributed by atoms with Crippen molar-refractivity contribution in [2.45, 2.75) is 32.1 Å². The van der Waals surface area contributed by atoms with Crippen LogP contribution in [0.3, 0.4) is 0 Å². The van der Waals surface area contributed by atoms with Gasteiger partial charge in [-0.15, -0.1) is 0 Å². The molecule has 0 bridgehead atoms. The van der Waals surface area contributed by atoms with Crippen LogP contribution in [-0.4, -0.2) is 29.7 Å². The first-order valence-corrected chi connectivity index (χ1v) is 7.96. The maximum Gasteiger partial charge on any atom is 0.232 e. The molecule has 1 atom stereocenters. The maximum absolute atomic E-state index is 12.3. The lowest BCUT2D eigenvalue weighted by Gasteiger charge is -2.17. The molecule has 1 aliphatic heterocycles. The maximum atomic E-state index is 12.3. The highest BCUT2D eigenvalue weighted by atomic mass is 35.5. The quantitative estimate of drug-likeness (QED) is 0.839. The molecular weight excluding hydrogens is 318 g/mol. The molecule has 1 aromatic carbocycles. The van der Waals surface area contributed by atoms with Crippen molar-refractivity contribution in [3.8, 4) is 5.75 Å². The second-order valence-electron chi connectivity index (χ2n) is 5.52. The van der Waals surface area contributed by atoms with Gasteiger partial charge in [-0.2, -0.15) is 4.98 Å². The minimum absolute atomic E-state index is 0.0199. The van der Waals surface area contributed by atoms with Crippen LogP contribution in [-0.2, 0) is 11.2 Å². The molecule has 1 unspecified atom stereocenters. The summed E-state index contributed by atoms with van der Waals surface area (Å²) in [5.41, 5.74) is 0.747.